The Morgan fingerprint density at radius 3 is 2.63 bits per heavy atom. The van der Waals surface area contributed by atoms with Gasteiger partial charge in [-0.25, -0.2) is 0 Å². The van der Waals surface area contributed by atoms with E-state index in [1.807, 2.05) is 24.3 Å². The zero-order valence-electron chi connectivity index (χ0n) is 16.7. The normalized spacial score (nSPS) is 20.0. The van der Waals surface area contributed by atoms with Crippen LogP contribution >= 0.6 is 31.9 Å². The summed E-state index contributed by atoms with van der Waals surface area (Å²) in [6, 6.07) is 15.8. The minimum absolute atomic E-state index is 0.105. The number of hydrogen-bond donors (Lipinski definition) is 2. The highest BCUT2D eigenvalue weighted by Crippen LogP contribution is 2.53. The van der Waals surface area contributed by atoms with Crippen molar-refractivity contribution in [2.75, 3.05) is 5.32 Å². The minimum Gasteiger partial charge on any atom is -0.506 e. The lowest BCUT2D eigenvalue weighted by molar-refractivity contribution is -0.118. The quantitative estimate of drug-likeness (QED) is 0.347. The molecule has 0 spiro atoms. The number of carbonyl (C=O) groups is 1. The van der Waals surface area contributed by atoms with E-state index >= 15 is 0 Å². The summed E-state index contributed by atoms with van der Waals surface area (Å²) in [4.78, 5) is 13.5. The molecule has 5 rings (SSSR count). The van der Waals surface area contributed by atoms with E-state index in [2.05, 4.69) is 75.3 Å². The average Bonchev–Trinajstić information content (AvgIpc) is 2.68. The Labute approximate surface area is 192 Å². The lowest BCUT2D eigenvalue weighted by atomic mass is 9.68. The fourth-order valence-electron chi connectivity index (χ4n) is 4.88. The van der Waals surface area contributed by atoms with Gasteiger partial charge in [0.2, 0.25) is 0 Å². The van der Waals surface area contributed by atoms with Crippen molar-refractivity contribution < 1.29 is 9.90 Å². The van der Waals surface area contributed by atoms with Crippen molar-refractivity contribution in [2.24, 2.45) is 5.41 Å². The molecule has 0 radical (unpaired) electrons. The molecule has 0 unspecified atom stereocenters. The molecule has 0 fully saturated rings. The largest absolute Gasteiger partial charge is 0.506 e. The third kappa shape index (κ3) is 3.10. The van der Waals surface area contributed by atoms with Crippen molar-refractivity contribution in [1.29, 1.82) is 0 Å². The van der Waals surface area contributed by atoms with Crippen molar-refractivity contribution in [3.8, 4) is 5.75 Å². The number of phenolic OH excluding ortho intramolecular Hbond substituents is 1. The lowest BCUT2D eigenvalue weighted by Crippen LogP contribution is -2.33. The second-order valence-corrected chi connectivity index (χ2v) is 10.7. The van der Waals surface area contributed by atoms with Crippen LogP contribution in [0.2, 0.25) is 0 Å². The third-order valence-electron chi connectivity index (χ3n) is 6.11. The van der Waals surface area contributed by atoms with Gasteiger partial charge >= 0.3 is 0 Å². The van der Waals surface area contributed by atoms with E-state index < -0.39 is 6.04 Å². The van der Waals surface area contributed by atoms with E-state index in [0.717, 1.165) is 44.1 Å². The number of carbonyl (C=O) groups excluding carboxylic acids is 1. The predicted octanol–water partition coefficient (Wildman–Crippen LogP) is 7.38. The number of phenols is 1. The van der Waals surface area contributed by atoms with Crippen LogP contribution in [0.3, 0.4) is 0 Å². The molecule has 0 bridgehead atoms. The maximum Gasteiger partial charge on any atom is 0.162 e. The monoisotopic (exact) mass is 525 g/mol. The minimum atomic E-state index is -0.397. The number of Topliss-reactive ketones (excluding diaryl/α,β-unsaturated/α-hetero) is 1. The van der Waals surface area contributed by atoms with E-state index in [4.69, 9.17) is 0 Å². The SMILES string of the molecule is CC1(C)CC(=O)C2=C(C1)c1c(ccc3ccccc13)N[C@@H]2c1cc(Br)cc(Br)c1O. The highest BCUT2D eigenvalue weighted by atomic mass is 79.9. The first-order valence-electron chi connectivity index (χ1n) is 9.98. The Bertz CT molecular complexity index is 1260. The Morgan fingerprint density at radius 1 is 1.07 bits per heavy atom. The number of ketones is 1. The van der Waals surface area contributed by atoms with Gasteiger partial charge in [-0.15, -0.1) is 0 Å². The van der Waals surface area contributed by atoms with E-state index in [9.17, 15) is 9.90 Å². The zero-order chi connectivity index (χ0) is 21.2. The summed E-state index contributed by atoms with van der Waals surface area (Å²) in [6.07, 6.45) is 1.32. The van der Waals surface area contributed by atoms with Gasteiger partial charge in [-0.05, 0) is 62.3 Å². The van der Waals surface area contributed by atoms with Crippen molar-refractivity contribution in [1.82, 2.24) is 0 Å². The average molecular weight is 527 g/mol. The first-order valence-corrected chi connectivity index (χ1v) is 11.6. The highest BCUT2D eigenvalue weighted by molar-refractivity contribution is 9.11. The van der Waals surface area contributed by atoms with Gasteiger partial charge in [-0.1, -0.05) is 60.1 Å². The van der Waals surface area contributed by atoms with Gasteiger partial charge in [0.05, 0.1) is 10.5 Å². The number of benzene rings is 3. The first kappa shape index (κ1) is 19.8. The van der Waals surface area contributed by atoms with Gasteiger partial charge in [0.25, 0.3) is 0 Å². The van der Waals surface area contributed by atoms with E-state index in [1.54, 1.807) is 0 Å². The third-order valence-corrected chi connectivity index (χ3v) is 7.17. The second kappa shape index (κ2) is 6.96. The molecular weight excluding hydrogens is 506 g/mol. The fourth-order valence-corrected chi connectivity index (χ4v) is 6.13. The van der Waals surface area contributed by atoms with E-state index in [0.29, 0.717) is 16.5 Å². The van der Waals surface area contributed by atoms with Crippen LogP contribution in [-0.4, -0.2) is 10.9 Å². The molecule has 152 valence electrons. The molecule has 3 aromatic rings. The number of fused-ring (bicyclic) bond motifs is 4. The number of nitrogens with one attached hydrogen (secondary N) is 1. The molecule has 1 aliphatic carbocycles. The number of allylic oxidation sites excluding steroid dienone is 1. The molecule has 0 saturated heterocycles. The molecule has 30 heavy (non-hydrogen) atoms. The number of aromatic hydroxyl groups is 1. The molecule has 2 aliphatic rings. The van der Waals surface area contributed by atoms with Crippen molar-refractivity contribution in [3.05, 3.63) is 74.2 Å². The summed E-state index contributed by atoms with van der Waals surface area (Å²) in [7, 11) is 0. The molecule has 0 amide bonds. The van der Waals surface area contributed by atoms with Gasteiger partial charge in [0.15, 0.2) is 5.78 Å². The van der Waals surface area contributed by atoms with Crippen LogP contribution in [0.1, 0.15) is 43.9 Å². The Hall–Kier alpha value is -2.11. The summed E-state index contributed by atoms with van der Waals surface area (Å²) in [5.74, 6) is 0.303. The summed E-state index contributed by atoms with van der Waals surface area (Å²) < 4.78 is 1.45. The van der Waals surface area contributed by atoms with Gasteiger partial charge in [-0.2, -0.15) is 0 Å². The standard InChI is InChI=1S/C25H21Br2NO2/c1-25(2)11-17-21-15-6-4-3-5-13(15)7-8-19(21)28-23(22(17)20(29)12-25)16-9-14(26)10-18(27)24(16)30/h3-10,23,28,30H,11-12H2,1-2H3/t23-/m1/s1. The maximum absolute atomic E-state index is 13.5. The molecular formula is C25H21Br2NO2. The van der Waals surface area contributed by atoms with Crippen molar-refractivity contribution in [3.63, 3.8) is 0 Å². The van der Waals surface area contributed by atoms with Gasteiger partial charge in [0.1, 0.15) is 5.75 Å². The van der Waals surface area contributed by atoms with Gasteiger partial charge in [0, 0.05) is 33.3 Å². The van der Waals surface area contributed by atoms with E-state index in [-0.39, 0.29) is 16.9 Å². The summed E-state index contributed by atoms with van der Waals surface area (Å²) >= 11 is 6.97. The Morgan fingerprint density at radius 2 is 1.83 bits per heavy atom. The van der Waals surface area contributed by atoms with Crippen molar-refractivity contribution >= 4 is 59.7 Å². The van der Waals surface area contributed by atoms with Crippen LogP contribution in [0.4, 0.5) is 5.69 Å². The van der Waals surface area contributed by atoms with Crippen LogP contribution in [0.25, 0.3) is 16.3 Å². The van der Waals surface area contributed by atoms with Gasteiger partial charge < -0.3 is 10.4 Å². The topological polar surface area (TPSA) is 49.3 Å². The molecule has 1 aliphatic heterocycles. The highest BCUT2D eigenvalue weighted by Gasteiger charge is 2.41. The number of rotatable bonds is 1. The van der Waals surface area contributed by atoms with Crippen molar-refractivity contribution in [2.45, 2.75) is 32.7 Å². The molecule has 3 nitrogen and oxygen atoms in total. The molecule has 5 heteroatoms. The summed E-state index contributed by atoms with van der Waals surface area (Å²) in [6.45, 7) is 4.31. The van der Waals surface area contributed by atoms with Crippen LogP contribution in [0.15, 0.2) is 63.0 Å². The van der Waals surface area contributed by atoms with Crippen LogP contribution < -0.4 is 5.32 Å². The number of anilines is 1. The smallest absolute Gasteiger partial charge is 0.162 e. The number of hydrogen-bond acceptors (Lipinski definition) is 3. The van der Waals surface area contributed by atoms with Crippen LogP contribution in [0.5, 0.6) is 5.75 Å². The molecule has 2 N–H and O–H groups in total. The molecule has 1 heterocycles. The Balaban J connectivity index is 1.83. The van der Waals surface area contributed by atoms with Crippen LogP contribution in [-0.2, 0) is 4.79 Å². The molecule has 3 aromatic carbocycles. The predicted molar refractivity (Wildman–Crippen MR) is 129 cm³/mol. The molecule has 1 atom stereocenters. The first-order chi connectivity index (χ1) is 14.2. The second-order valence-electron chi connectivity index (χ2n) is 8.95. The maximum atomic E-state index is 13.5. The van der Waals surface area contributed by atoms with Gasteiger partial charge in [-0.3, -0.25) is 4.79 Å². The van der Waals surface area contributed by atoms with E-state index in [1.165, 1.54) is 0 Å². The lowest BCUT2D eigenvalue weighted by Gasteiger charge is -2.40. The molecule has 0 aromatic heterocycles. The fraction of sp³-hybridized carbons (Fsp3) is 0.240. The summed E-state index contributed by atoms with van der Waals surface area (Å²) in [5, 5.41) is 16.7. The summed E-state index contributed by atoms with van der Waals surface area (Å²) in [5.41, 5.74) is 4.58. The number of halogens is 2. The Kier molecular flexibility index (Phi) is 4.60. The zero-order valence-corrected chi connectivity index (χ0v) is 19.9. The molecule has 0 saturated carbocycles. The van der Waals surface area contributed by atoms with Crippen LogP contribution in [0, 0.1) is 5.41 Å².